The molecule has 2 radical (unpaired) electrons. The summed E-state index contributed by atoms with van der Waals surface area (Å²) in [6.45, 7) is 2.06. The van der Waals surface area contributed by atoms with Crippen LogP contribution in [-0.4, -0.2) is 21.6 Å². The summed E-state index contributed by atoms with van der Waals surface area (Å²) in [6, 6.07) is 14.7. The Balaban J connectivity index is 2.30. The van der Waals surface area contributed by atoms with Gasteiger partial charge in [-0.1, -0.05) is 31.2 Å². The van der Waals surface area contributed by atoms with E-state index in [4.69, 9.17) is 3.79 Å². The van der Waals surface area contributed by atoms with Gasteiger partial charge >= 0.3 is 16.6 Å². The Bertz CT molecular complexity index is 804. The van der Waals surface area contributed by atoms with E-state index in [0.29, 0.717) is 5.75 Å². The zero-order valence-corrected chi connectivity index (χ0v) is 12.8. The highest BCUT2D eigenvalue weighted by molar-refractivity contribution is 6.00. The Morgan fingerprint density at radius 1 is 1.14 bits per heavy atom. The van der Waals surface area contributed by atoms with Gasteiger partial charge in [0.25, 0.3) is 0 Å². The summed E-state index contributed by atoms with van der Waals surface area (Å²) in [6.07, 6.45) is 0.833. The molecule has 0 aliphatic rings. The number of pyridine rings is 1. The normalized spacial score (nSPS) is 10.8. The lowest BCUT2D eigenvalue weighted by atomic mass is 10.0. The molecule has 1 aromatic heterocycles. The Hall–Kier alpha value is -1.89. The maximum atomic E-state index is 13.8. The van der Waals surface area contributed by atoms with Crippen LogP contribution in [0.15, 0.2) is 48.5 Å². The van der Waals surface area contributed by atoms with Crippen LogP contribution in [0.4, 0.5) is 4.39 Å². The fraction of sp³-hybridized carbons (Fsp3) is 0.118. The second-order valence-electron chi connectivity index (χ2n) is 4.83. The fourth-order valence-electron chi connectivity index (χ4n) is 2.42. The maximum absolute atomic E-state index is 13.8. The van der Waals surface area contributed by atoms with E-state index in [-0.39, 0.29) is 5.82 Å². The van der Waals surface area contributed by atoms with Crippen LogP contribution >= 0.6 is 0 Å². The van der Waals surface area contributed by atoms with Crippen LogP contribution in [0, 0.1) is 5.82 Å². The number of hydrogen-bond acceptors (Lipinski definition) is 2. The molecule has 0 aliphatic heterocycles. The number of nitrogens with zero attached hydrogens (tertiary/aromatic N) is 1. The van der Waals surface area contributed by atoms with Gasteiger partial charge < -0.3 is 3.79 Å². The zero-order valence-electron chi connectivity index (χ0n) is 11.6. The van der Waals surface area contributed by atoms with E-state index < -0.39 is 0 Å². The summed E-state index contributed by atoms with van der Waals surface area (Å²) in [5, 5.41) is 2.12. The van der Waals surface area contributed by atoms with Crippen molar-refractivity contribution < 1.29 is 8.18 Å². The number of rotatable bonds is 3. The lowest BCUT2D eigenvalue weighted by molar-refractivity contribution is 0.587. The van der Waals surface area contributed by atoms with Gasteiger partial charge in [-0.3, -0.25) is 4.98 Å². The summed E-state index contributed by atoms with van der Waals surface area (Å²) >= 11 is 2.14. The van der Waals surface area contributed by atoms with Gasteiger partial charge in [-0.15, -0.1) is 0 Å². The second kappa shape index (κ2) is 5.85. The number of halogens is 1. The standard InChI is InChI=1S/C17H14FNO.Al/c1-2-14-8-11-5-3-4-6-16(11)17(19-14)12-7-13(18)10-15(20)9-12;/h3-10,20H,2H2,1H3;/q;+1/p-1. The first kappa shape index (κ1) is 14.1. The smallest absolute Gasteiger partial charge is 0.482 e. The number of aromatic nitrogens is 1. The molecule has 0 atom stereocenters. The molecule has 0 saturated carbocycles. The second-order valence-corrected chi connectivity index (χ2v) is 5.07. The predicted octanol–water partition coefficient (Wildman–Crippen LogP) is 4.07. The van der Waals surface area contributed by atoms with E-state index in [2.05, 4.69) is 34.6 Å². The Labute approximate surface area is 131 Å². The molecule has 102 valence electrons. The molecular formula is C17H13AlFNO. The molecule has 1 heterocycles. The SMILES string of the molecule is CCc1cc2ccccc2c(-c2cc(F)cc([O][Al])c2)n1. The first-order valence-corrected chi connectivity index (χ1v) is 7.24. The minimum Gasteiger partial charge on any atom is -0.654 e. The molecule has 21 heavy (non-hydrogen) atoms. The topological polar surface area (TPSA) is 22.1 Å². The molecule has 0 amide bonds. The molecule has 0 aliphatic carbocycles. The van der Waals surface area contributed by atoms with E-state index in [9.17, 15) is 4.39 Å². The molecule has 0 N–H and O–H groups in total. The third-order valence-corrected chi connectivity index (χ3v) is 3.71. The predicted molar refractivity (Wildman–Crippen MR) is 82.9 cm³/mol. The van der Waals surface area contributed by atoms with Gasteiger partial charge in [-0.2, -0.15) is 0 Å². The highest BCUT2D eigenvalue weighted by Crippen LogP contribution is 2.30. The van der Waals surface area contributed by atoms with E-state index in [1.165, 1.54) is 12.1 Å². The van der Waals surface area contributed by atoms with Gasteiger partial charge in [0, 0.05) is 22.7 Å². The summed E-state index contributed by atoms with van der Waals surface area (Å²) in [5.41, 5.74) is 2.49. The molecule has 3 rings (SSSR count). The molecule has 0 unspecified atom stereocenters. The molecular weight excluding hydrogens is 280 g/mol. The maximum Gasteiger partial charge on any atom is 0.482 e. The summed E-state index contributed by atoms with van der Waals surface area (Å²) in [5.74, 6) is 0.125. The zero-order chi connectivity index (χ0) is 14.8. The lowest BCUT2D eigenvalue weighted by Gasteiger charge is -2.11. The van der Waals surface area contributed by atoms with Crippen molar-refractivity contribution in [2.45, 2.75) is 13.3 Å². The van der Waals surface area contributed by atoms with Crippen LogP contribution in [-0.2, 0) is 6.42 Å². The molecule has 3 aromatic rings. The third kappa shape index (κ3) is 2.78. The van der Waals surface area contributed by atoms with Crippen LogP contribution in [0.2, 0.25) is 0 Å². The molecule has 0 fully saturated rings. The number of benzene rings is 2. The van der Waals surface area contributed by atoms with Crippen LogP contribution in [0.3, 0.4) is 0 Å². The van der Waals surface area contributed by atoms with Crippen molar-refractivity contribution in [3.8, 4) is 17.0 Å². The number of aryl methyl sites for hydroxylation is 1. The first-order valence-electron chi connectivity index (χ1n) is 6.77. The number of fused-ring (bicyclic) bond motifs is 1. The quantitative estimate of drug-likeness (QED) is 0.679. The highest BCUT2D eigenvalue weighted by atomic mass is 27.1. The van der Waals surface area contributed by atoms with Crippen LogP contribution < -0.4 is 3.79 Å². The van der Waals surface area contributed by atoms with Crippen molar-refractivity contribution in [3.05, 3.63) is 60.0 Å². The summed E-state index contributed by atoms with van der Waals surface area (Å²) in [7, 11) is 0. The van der Waals surface area contributed by atoms with E-state index in [0.717, 1.165) is 34.1 Å². The van der Waals surface area contributed by atoms with Crippen LogP contribution in [0.1, 0.15) is 12.6 Å². The Kier molecular flexibility index (Phi) is 3.92. The molecule has 0 bridgehead atoms. The van der Waals surface area contributed by atoms with Gasteiger partial charge in [0.2, 0.25) is 0 Å². The molecule has 2 nitrogen and oxygen atoms in total. The van der Waals surface area contributed by atoms with Crippen molar-refractivity contribution in [1.82, 2.24) is 4.98 Å². The minimum absolute atomic E-state index is 0.335. The van der Waals surface area contributed by atoms with E-state index >= 15 is 0 Å². The monoisotopic (exact) mass is 293 g/mol. The van der Waals surface area contributed by atoms with Gasteiger partial charge in [0.1, 0.15) is 5.82 Å². The Morgan fingerprint density at radius 2 is 1.95 bits per heavy atom. The molecule has 0 spiro atoms. The van der Waals surface area contributed by atoms with Gasteiger partial charge in [-0.05, 0) is 30.0 Å². The van der Waals surface area contributed by atoms with Gasteiger partial charge in [-0.25, -0.2) is 4.39 Å². The summed E-state index contributed by atoms with van der Waals surface area (Å²) in [4.78, 5) is 4.68. The fourth-order valence-corrected chi connectivity index (χ4v) is 2.56. The van der Waals surface area contributed by atoms with Crippen molar-refractivity contribution in [2.75, 3.05) is 0 Å². The Morgan fingerprint density at radius 3 is 2.71 bits per heavy atom. The molecule has 0 saturated heterocycles. The van der Waals surface area contributed by atoms with Gasteiger partial charge in [0.15, 0.2) is 0 Å². The van der Waals surface area contributed by atoms with Crippen LogP contribution in [0.5, 0.6) is 5.75 Å². The summed E-state index contributed by atoms with van der Waals surface area (Å²) < 4.78 is 18.8. The average molecular weight is 293 g/mol. The average Bonchev–Trinajstić information content (AvgIpc) is 2.53. The first-order chi connectivity index (χ1) is 10.2. The van der Waals surface area contributed by atoms with E-state index in [1.807, 2.05) is 24.3 Å². The van der Waals surface area contributed by atoms with Crippen molar-refractivity contribution >= 4 is 27.4 Å². The van der Waals surface area contributed by atoms with Crippen LogP contribution in [0.25, 0.3) is 22.0 Å². The van der Waals surface area contributed by atoms with Crippen molar-refractivity contribution in [2.24, 2.45) is 0 Å². The third-order valence-electron chi connectivity index (χ3n) is 3.44. The molecule has 2 aromatic carbocycles. The molecule has 4 heteroatoms. The largest absolute Gasteiger partial charge is 0.654 e. The van der Waals surface area contributed by atoms with E-state index in [1.54, 1.807) is 6.07 Å². The highest BCUT2D eigenvalue weighted by Gasteiger charge is 2.10. The lowest BCUT2D eigenvalue weighted by Crippen LogP contribution is -1.94. The minimum atomic E-state index is -0.335. The van der Waals surface area contributed by atoms with Crippen molar-refractivity contribution in [3.63, 3.8) is 0 Å². The number of hydrogen-bond donors (Lipinski definition) is 0. The van der Waals surface area contributed by atoms with Crippen molar-refractivity contribution in [1.29, 1.82) is 0 Å². The van der Waals surface area contributed by atoms with Gasteiger partial charge in [0.05, 0.1) is 11.4 Å².